The van der Waals surface area contributed by atoms with E-state index in [0.717, 1.165) is 16.7 Å². The van der Waals surface area contributed by atoms with E-state index in [1.807, 2.05) is 0 Å². The summed E-state index contributed by atoms with van der Waals surface area (Å²) >= 11 is 0. The van der Waals surface area contributed by atoms with Crippen molar-refractivity contribution in [3.05, 3.63) is 64.8 Å². The van der Waals surface area contributed by atoms with Crippen molar-refractivity contribution in [2.45, 2.75) is 12.7 Å². The van der Waals surface area contributed by atoms with Crippen LogP contribution in [0.1, 0.15) is 5.56 Å². The van der Waals surface area contributed by atoms with Gasteiger partial charge in [0, 0.05) is 6.20 Å². The van der Waals surface area contributed by atoms with Gasteiger partial charge in [0.15, 0.2) is 0 Å². The SMILES string of the molecule is O=C(Cn1cnc2ccccc2c1=O)Nc1ccc(C(F)(F)F)cn1. The Balaban J connectivity index is 1.75. The van der Waals surface area contributed by atoms with Gasteiger partial charge in [0.1, 0.15) is 12.4 Å². The number of rotatable bonds is 3. The molecule has 1 N–H and O–H groups in total. The summed E-state index contributed by atoms with van der Waals surface area (Å²) in [5.41, 5.74) is -0.796. The van der Waals surface area contributed by atoms with Crippen LogP contribution in [0.15, 0.2) is 53.7 Å². The molecule has 0 atom stereocenters. The van der Waals surface area contributed by atoms with Gasteiger partial charge in [0.2, 0.25) is 5.91 Å². The Morgan fingerprint density at radius 2 is 1.88 bits per heavy atom. The molecule has 0 spiro atoms. The number of benzene rings is 1. The second-order valence-electron chi connectivity index (χ2n) is 5.17. The van der Waals surface area contributed by atoms with E-state index in [0.29, 0.717) is 17.1 Å². The second kappa shape index (κ2) is 6.34. The minimum Gasteiger partial charge on any atom is -0.309 e. The van der Waals surface area contributed by atoms with Crippen LogP contribution in [0.2, 0.25) is 0 Å². The minimum absolute atomic E-state index is 0.0419. The Kier molecular flexibility index (Phi) is 4.22. The van der Waals surface area contributed by atoms with Crippen LogP contribution in [0.25, 0.3) is 10.9 Å². The Labute approximate surface area is 139 Å². The Morgan fingerprint density at radius 1 is 1.12 bits per heavy atom. The number of nitrogens with zero attached hydrogens (tertiary/aromatic N) is 3. The molecule has 0 fully saturated rings. The predicted molar refractivity (Wildman–Crippen MR) is 83.9 cm³/mol. The highest BCUT2D eigenvalue weighted by Crippen LogP contribution is 2.28. The zero-order valence-corrected chi connectivity index (χ0v) is 12.6. The Hall–Kier alpha value is -3.23. The fourth-order valence-corrected chi connectivity index (χ4v) is 2.19. The number of aromatic nitrogens is 3. The molecule has 0 unspecified atom stereocenters. The highest BCUT2D eigenvalue weighted by atomic mass is 19.4. The molecule has 0 aliphatic carbocycles. The van der Waals surface area contributed by atoms with Gasteiger partial charge in [-0.3, -0.25) is 14.2 Å². The van der Waals surface area contributed by atoms with Gasteiger partial charge in [-0.2, -0.15) is 13.2 Å². The number of nitrogens with one attached hydrogen (secondary N) is 1. The fraction of sp³-hybridized carbons (Fsp3) is 0.125. The number of hydrogen-bond donors (Lipinski definition) is 1. The lowest BCUT2D eigenvalue weighted by Gasteiger charge is -2.09. The highest BCUT2D eigenvalue weighted by Gasteiger charge is 2.30. The average molecular weight is 348 g/mol. The van der Waals surface area contributed by atoms with E-state index in [1.54, 1.807) is 24.3 Å². The zero-order chi connectivity index (χ0) is 18.0. The lowest BCUT2D eigenvalue weighted by molar-refractivity contribution is -0.137. The van der Waals surface area contributed by atoms with Crippen LogP contribution in [0.3, 0.4) is 0 Å². The Bertz CT molecular complexity index is 981. The number of alkyl halides is 3. The third-order valence-corrected chi connectivity index (χ3v) is 3.40. The summed E-state index contributed by atoms with van der Waals surface area (Å²) < 4.78 is 38.5. The number of hydrogen-bond acceptors (Lipinski definition) is 4. The van der Waals surface area contributed by atoms with Crippen LogP contribution in [0.5, 0.6) is 0 Å². The lowest BCUT2D eigenvalue weighted by atomic mass is 10.2. The van der Waals surface area contributed by atoms with Gasteiger partial charge in [0.05, 0.1) is 22.8 Å². The molecule has 128 valence electrons. The van der Waals surface area contributed by atoms with Crippen LogP contribution >= 0.6 is 0 Å². The first-order valence-corrected chi connectivity index (χ1v) is 7.12. The van der Waals surface area contributed by atoms with E-state index in [9.17, 15) is 22.8 Å². The van der Waals surface area contributed by atoms with Crippen molar-refractivity contribution in [1.82, 2.24) is 14.5 Å². The molecule has 2 heterocycles. The minimum atomic E-state index is -4.50. The smallest absolute Gasteiger partial charge is 0.309 e. The standard InChI is InChI=1S/C16H11F3N4O2/c17-16(18,19)10-5-6-13(20-7-10)22-14(24)8-23-9-21-12-4-2-1-3-11(12)15(23)25/h1-7,9H,8H2,(H,20,22,24). The third-order valence-electron chi connectivity index (χ3n) is 3.40. The van der Waals surface area contributed by atoms with Gasteiger partial charge in [-0.15, -0.1) is 0 Å². The van der Waals surface area contributed by atoms with Gasteiger partial charge >= 0.3 is 6.18 Å². The second-order valence-corrected chi connectivity index (χ2v) is 5.17. The van der Waals surface area contributed by atoms with Crippen molar-refractivity contribution >= 4 is 22.6 Å². The van der Waals surface area contributed by atoms with Crippen molar-refractivity contribution in [3.8, 4) is 0 Å². The van der Waals surface area contributed by atoms with Gasteiger partial charge < -0.3 is 5.32 Å². The number of pyridine rings is 1. The lowest BCUT2D eigenvalue weighted by Crippen LogP contribution is -2.28. The molecular formula is C16H11F3N4O2. The molecule has 0 aliphatic heterocycles. The highest BCUT2D eigenvalue weighted by molar-refractivity contribution is 5.89. The maximum absolute atomic E-state index is 12.5. The van der Waals surface area contributed by atoms with Gasteiger partial charge in [-0.1, -0.05) is 12.1 Å². The summed E-state index contributed by atoms with van der Waals surface area (Å²) in [5, 5.41) is 2.71. The summed E-state index contributed by atoms with van der Waals surface area (Å²) in [7, 11) is 0. The van der Waals surface area contributed by atoms with E-state index < -0.39 is 17.6 Å². The van der Waals surface area contributed by atoms with E-state index in [-0.39, 0.29) is 17.9 Å². The molecule has 1 amide bonds. The first-order chi connectivity index (χ1) is 11.8. The molecule has 0 bridgehead atoms. The van der Waals surface area contributed by atoms with Crippen molar-refractivity contribution in [3.63, 3.8) is 0 Å². The van der Waals surface area contributed by atoms with Crippen LogP contribution in [-0.4, -0.2) is 20.4 Å². The fourth-order valence-electron chi connectivity index (χ4n) is 2.19. The van der Waals surface area contributed by atoms with Crippen molar-refractivity contribution in [2.75, 3.05) is 5.32 Å². The van der Waals surface area contributed by atoms with E-state index in [2.05, 4.69) is 15.3 Å². The van der Waals surface area contributed by atoms with Gasteiger partial charge in [-0.05, 0) is 24.3 Å². The van der Waals surface area contributed by atoms with Gasteiger partial charge in [0.25, 0.3) is 5.56 Å². The molecular weight excluding hydrogens is 337 g/mol. The summed E-state index contributed by atoms with van der Waals surface area (Å²) in [5.74, 6) is -0.647. The number of halogens is 3. The topological polar surface area (TPSA) is 76.9 Å². The number of carbonyl (C=O) groups is 1. The molecule has 0 aliphatic rings. The predicted octanol–water partition coefficient (Wildman–Crippen LogP) is 2.45. The normalized spacial score (nSPS) is 11.5. The van der Waals surface area contributed by atoms with Crippen LogP contribution in [0, 0.1) is 0 Å². The maximum atomic E-state index is 12.5. The molecule has 2 aromatic heterocycles. The number of amides is 1. The molecule has 9 heteroatoms. The molecule has 3 aromatic rings. The van der Waals surface area contributed by atoms with E-state index >= 15 is 0 Å². The number of para-hydroxylation sites is 1. The summed E-state index contributed by atoms with van der Waals surface area (Å²) in [4.78, 5) is 31.9. The maximum Gasteiger partial charge on any atom is 0.417 e. The summed E-state index contributed by atoms with van der Waals surface area (Å²) in [6.07, 6.45) is -2.64. The molecule has 25 heavy (non-hydrogen) atoms. The van der Waals surface area contributed by atoms with Crippen molar-refractivity contribution in [2.24, 2.45) is 0 Å². The molecule has 0 saturated heterocycles. The Morgan fingerprint density at radius 3 is 2.56 bits per heavy atom. The molecule has 0 radical (unpaired) electrons. The molecule has 1 aromatic carbocycles. The number of anilines is 1. The van der Waals surface area contributed by atoms with Crippen LogP contribution in [0.4, 0.5) is 19.0 Å². The van der Waals surface area contributed by atoms with E-state index in [4.69, 9.17) is 0 Å². The molecule has 0 saturated carbocycles. The first kappa shape index (κ1) is 16.6. The van der Waals surface area contributed by atoms with Crippen molar-refractivity contribution < 1.29 is 18.0 Å². The van der Waals surface area contributed by atoms with Gasteiger partial charge in [-0.25, -0.2) is 9.97 Å². The zero-order valence-electron chi connectivity index (χ0n) is 12.6. The van der Waals surface area contributed by atoms with E-state index in [1.165, 1.54) is 6.33 Å². The van der Waals surface area contributed by atoms with Crippen molar-refractivity contribution in [1.29, 1.82) is 0 Å². The first-order valence-electron chi connectivity index (χ1n) is 7.12. The average Bonchev–Trinajstić information content (AvgIpc) is 2.57. The monoisotopic (exact) mass is 348 g/mol. The number of fused-ring (bicyclic) bond motifs is 1. The van der Waals surface area contributed by atoms with Crippen LogP contribution in [-0.2, 0) is 17.5 Å². The van der Waals surface area contributed by atoms with Crippen LogP contribution < -0.4 is 10.9 Å². The quantitative estimate of drug-likeness (QED) is 0.789. The largest absolute Gasteiger partial charge is 0.417 e. The molecule has 6 nitrogen and oxygen atoms in total. The number of carbonyl (C=O) groups excluding carboxylic acids is 1. The summed E-state index contributed by atoms with van der Waals surface area (Å²) in [6, 6.07) is 8.54. The summed E-state index contributed by atoms with van der Waals surface area (Å²) in [6.45, 7) is -0.334. The molecule has 3 rings (SSSR count). The third kappa shape index (κ3) is 3.65.